The first kappa shape index (κ1) is 17.5. The summed E-state index contributed by atoms with van der Waals surface area (Å²) >= 11 is 0. The average molecular weight is 340 g/mol. The van der Waals surface area contributed by atoms with Gasteiger partial charge in [-0.15, -0.1) is 5.10 Å². The molecule has 0 amide bonds. The van der Waals surface area contributed by atoms with E-state index < -0.39 is 0 Å². The number of hydrogen-bond donors (Lipinski definition) is 1. The van der Waals surface area contributed by atoms with Gasteiger partial charge in [-0.3, -0.25) is 0 Å². The fourth-order valence-electron chi connectivity index (χ4n) is 3.09. The molecule has 1 saturated heterocycles. The highest BCUT2D eigenvalue weighted by Crippen LogP contribution is 2.25. The van der Waals surface area contributed by atoms with Gasteiger partial charge in [0, 0.05) is 37.9 Å². The van der Waals surface area contributed by atoms with Gasteiger partial charge in [0.2, 0.25) is 5.95 Å². The molecule has 0 radical (unpaired) electrons. The molecule has 1 aliphatic rings. The summed E-state index contributed by atoms with van der Waals surface area (Å²) in [7, 11) is 0. The zero-order chi connectivity index (χ0) is 17.8. The molecule has 0 saturated carbocycles. The van der Waals surface area contributed by atoms with Gasteiger partial charge in [0.15, 0.2) is 5.82 Å². The minimum absolute atomic E-state index is 0.346. The molecule has 0 bridgehead atoms. The van der Waals surface area contributed by atoms with Crippen LogP contribution in [0.15, 0.2) is 24.4 Å². The molecule has 1 aliphatic heterocycles. The summed E-state index contributed by atoms with van der Waals surface area (Å²) in [6.07, 6.45) is 2.79. The molecular formula is C19H28N6. The van der Waals surface area contributed by atoms with Crippen LogP contribution < -0.4 is 15.1 Å². The minimum atomic E-state index is 0.346. The predicted octanol–water partition coefficient (Wildman–Crippen LogP) is 3.03. The van der Waals surface area contributed by atoms with Gasteiger partial charge < -0.3 is 15.1 Å². The number of benzene rings is 1. The summed E-state index contributed by atoms with van der Waals surface area (Å²) in [5.41, 5.74) is 4.07. The highest BCUT2D eigenvalue weighted by molar-refractivity contribution is 5.57. The Bertz CT molecular complexity index is 709. The molecule has 1 aromatic heterocycles. The monoisotopic (exact) mass is 340 g/mol. The first-order chi connectivity index (χ1) is 12.1. The number of hydrogen-bond acceptors (Lipinski definition) is 6. The summed E-state index contributed by atoms with van der Waals surface area (Å²) in [6, 6.07) is 6.88. The van der Waals surface area contributed by atoms with E-state index in [0.29, 0.717) is 12.0 Å². The molecular weight excluding hydrogens is 312 g/mol. The fourth-order valence-corrected chi connectivity index (χ4v) is 3.09. The van der Waals surface area contributed by atoms with Gasteiger partial charge in [0.05, 0.1) is 6.20 Å². The maximum absolute atomic E-state index is 4.64. The first-order valence-electron chi connectivity index (χ1n) is 9.11. The molecule has 6 nitrogen and oxygen atoms in total. The third-order valence-electron chi connectivity index (χ3n) is 5.05. The number of nitrogens with one attached hydrogen (secondary N) is 1. The van der Waals surface area contributed by atoms with E-state index in [2.05, 4.69) is 76.2 Å². The van der Waals surface area contributed by atoms with Crippen LogP contribution in [0.1, 0.15) is 31.4 Å². The van der Waals surface area contributed by atoms with E-state index in [1.54, 1.807) is 6.20 Å². The topological polar surface area (TPSA) is 57.2 Å². The Morgan fingerprint density at radius 1 is 1.12 bits per heavy atom. The first-order valence-corrected chi connectivity index (χ1v) is 9.11. The van der Waals surface area contributed by atoms with Crippen LogP contribution in [0, 0.1) is 13.8 Å². The highest BCUT2D eigenvalue weighted by atomic mass is 15.3. The van der Waals surface area contributed by atoms with Gasteiger partial charge in [0.1, 0.15) is 0 Å². The summed E-state index contributed by atoms with van der Waals surface area (Å²) in [5.74, 6) is 1.52. The third-order valence-corrected chi connectivity index (χ3v) is 5.05. The van der Waals surface area contributed by atoms with Crippen molar-refractivity contribution in [3.8, 4) is 0 Å². The van der Waals surface area contributed by atoms with Gasteiger partial charge in [-0.25, -0.2) is 0 Å². The summed E-state index contributed by atoms with van der Waals surface area (Å²) in [5, 5.41) is 11.5. The second-order valence-electron chi connectivity index (χ2n) is 6.78. The molecule has 2 aromatic rings. The standard InChI is InChI=1S/C19H28N6/c1-5-15(3)21-19-22-18(13-20-23-19)25-11-9-24(10-12-25)17-8-6-7-14(2)16(17)4/h6-8,13,15H,5,9-12H2,1-4H3,(H,21,22,23). The zero-order valence-corrected chi connectivity index (χ0v) is 15.7. The van der Waals surface area contributed by atoms with Gasteiger partial charge >= 0.3 is 0 Å². The second-order valence-corrected chi connectivity index (χ2v) is 6.78. The summed E-state index contributed by atoms with van der Waals surface area (Å²) in [6.45, 7) is 12.5. The molecule has 3 rings (SSSR count). The Hall–Kier alpha value is -2.37. The highest BCUT2D eigenvalue weighted by Gasteiger charge is 2.20. The molecule has 0 aliphatic carbocycles. The van der Waals surface area contributed by atoms with E-state index in [9.17, 15) is 0 Å². The van der Waals surface area contributed by atoms with E-state index >= 15 is 0 Å². The van der Waals surface area contributed by atoms with Crippen LogP contribution in [0.4, 0.5) is 17.5 Å². The number of nitrogens with zero attached hydrogens (tertiary/aromatic N) is 5. The lowest BCUT2D eigenvalue weighted by Crippen LogP contribution is -2.47. The Balaban J connectivity index is 1.66. The van der Waals surface area contributed by atoms with Crippen molar-refractivity contribution in [3.05, 3.63) is 35.5 Å². The van der Waals surface area contributed by atoms with Crippen LogP contribution in [0.3, 0.4) is 0 Å². The fraction of sp³-hybridized carbons (Fsp3) is 0.526. The Morgan fingerprint density at radius 2 is 1.84 bits per heavy atom. The SMILES string of the molecule is CCC(C)Nc1nncc(N2CCN(c3cccc(C)c3C)CC2)n1. The van der Waals surface area contributed by atoms with Crippen LogP contribution in [0.25, 0.3) is 0 Å². The second kappa shape index (κ2) is 7.68. The van der Waals surface area contributed by atoms with Crippen molar-refractivity contribution in [1.82, 2.24) is 15.2 Å². The van der Waals surface area contributed by atoms with Crippen molar-refractivity contribution in [2.75, 3.05) is 41.3 Å². The maximum Gasteiger partial charge on any atom is 0.244 e. The quantitative estimate of drug-likeness (QED) is 0.903. The van der Waals surface area contributed by atoms with Crippen LogP contribution in [-0.4, -0.2) is 47.4 Å². The lowest BCUT2D eigenvalue weighted by Gasteiger charge is -2.37. The summed E-state index contributed by atoms with van der Waals surface area (Å²) < 4.78 is 0. The Morgan fingerprint density at radius 3 is 2.56 bits per heavy atom. The number of rotatable bonds is 5. The molecule has 0 spiro atoms. The van der Waals surface area contributed by atoms with E-state index in [4.69, 9.17) is 0 Å². The van der Waals surface area contributed by atoms with Crippen molar-refractivity contribution in [3.63, 3.8) is 0 Å². The van der Waals surface area contributed by atoms with Crippen LogP contribution >= 0.6 is 0 Å². The molecule has 2 heterocycles. The largest absolute Gasteiger partial charge is 0.368 e. The predicted molar refractivity (Wildman–Crippen MR) is 104 cm³/mol. The lowest BCUT2D eigenvalue weighted by atomic mass is 10.1. The number of piperazine rings is 1. The van der Waals surface area contributed by atoms with Crippen molar-refractivity contribution in [1.29, 1.82) is 0 Å². The van der Waals surface area contributed by atoms with Crippen molar-refractivity contribution >= 4 is 17.5 Å². The molecule has 25 heavy (non-hydrogen) atoms. The zero-order valence-electron chi connectivity index (χ0n) is 15.7. The number of anilines is 3. The third kappa shape index (κ3) is 4.00. The van der Waals surface area contributed by atoms with Gasteiger partial charge in [-0.2, -0.15) is 10.1 Å². The molecule has 1 fully saturated rings. The Labute approximate surface area is 150 Å². The van der Waals surface area contributed by atoms with E-state index in [1.807, 2.05) is 0 Å². The molecule has 6 heteroatoms. The van der Waals surface area contributed by atoms with Gasteiger partial charge in [0.25, 0.3) is 0 Å². The smallest absolute Gasteiger partial charge is 0.244 e. The van der Waals surface area contributed by atoms with Crippen LogP contribution in [0.2, 0.25) is 0 Å². The molecule has 1 atom stereocenters. The van der Waals surface area contributed by atoms with Crippen molar-refractivity contribution in [2.45, 2.75) is 40.2 Å². The molecule has 1 aromatic carbocycles. The maximum atomic E-state index is 4.64. The molecule has 1 N–H and O–H groups in total. The Kier molecular flexibility index (Phi) is 5.36. The normalized spacial score (nSPS) is 16.0. The van der Waals surface area contributed by atoms with E-state index in [0.717, 1.165) is 38.4 Å². The summed E-state index contributed by atoms with van der Waals surface area (Å²) in [4.78, 5) is 9.39. The molecule has 1 unspecified atom stereocenters. The number of aromatic nitrogens is 3. The van der Waals surface area contributed by atoms with Crippen LogP contribution in [0.5, 0.6) is 0 Å². The average Bonchev–Trinajstić information content (AvgIpc) is 2.64. The van der Waals surface area contributed by atoms with E-state index in [1.165, 1.54) is 16.8 Å². The van der Waals surface area contributed by atoms with Crippen LogP contribution in [-0.2, 0) is 0 Å². The van der Waals surface area contributed by atoms with Gasteiger partial charge in [-0.05, 0) is 44.4 Å². The number of aryl methyl sites for hydroxylation is 1. The van der Waals surface area contributed by atoms with E-state index in [-0.39, 0.29) is 0 Å². The van der Waals surface area contributed by atoms with Gasteiger partial charge in [-0.1, -0.05) is 19.1 Å². The lowest BCUT2D eigenvalue weighted by molar-refractivity contribution is 0.642. The molecule has 134 valence electrons. The van der Waals surface area contributed by atoms with Crippen molar-refractivity contribution in [2.24, 2.45) is 0 Å². The van der Waals surface area contributed by atoms with Crippen molar-refractivity contribution < 1.29 is 0 Å². The minimum Gasteiger partial charge on any atom is -0.368 e.